The van der Waals surface area contributed by atoms with E-state index in [9.17, 15) is 9.59 Å². The molecule has 0 bridgehead atoms. The number of nitrogens with zero attached hydrogens (tertiary/aromatic N) is 1. The number of aromatic nitrogens is 1. The van der Waals surface area contributed by atoms with Crippen molar-refractivity contribution in [3.8, 4) is 16.3 Å². The highest BCUT2D eigenvalue weighted by atomic mass is 35.5. The molecule has 0 saturated carbocycles. The van der Waals surface area contributed by atoms with E-state index in [0.717, 1.165) is 5.56 Å². The Labute approximate surface area is 159 Å². The molecule has 0 radical (unpaired) electrons. The predicted octanol–water partition coefficient (Wildman–Crippen LogP) is 4.51. The van der Waals surface area contributed by atoms with Gasteiger partial charge in [-0.15, -0.1) is 11.3 Å². The van der Waals surface area contributed by atoms with Crippen LogP contribution in [0.1, 0.15) is 20.8 Å². The molecular formula is C19H14ClNO4S. The van der Waals surface area contributed by atoms with Crippen LogP contribution in [-0.4, -0.2) is 30.5 Å². The van der Waals surface area contributed by atoms with Crippen LogP contribution in [0.3, 0.4) is 0 Å². The van der Waals surface area contributed by atoms with E-state index in [-0.39, 0.29) is 18.1 Å². The monoisotopic (exact) mass is 387 g/mol. The number of Topliss-reactive ketones (excluding diaryl/α,β-unsaturated/α-hetero) is 1. The van der Waals surface area contributed by atoms with Crippen molar-refractivity contribution >= 4 is 34.7 Å². The number of methoxy groups -OCH3 is 1. The van der Waals surface area contributed by atoms with Gasteiger partial charge >= 0.3 is 5.97 Å². The second kappa shape index (κ2) is 8.12. The quantitative estimate of drug-likeness (QED) is 0.460. The number of ether oxygens (including phenoxy) is 2. The molecule has 1 heterocycles. The minimum atomic E-state index is -0.642. The summed E-state index contributed by atoms with van der Waals surface area (Å²) >= 11 is 7.34. The fourth-order valence-corrected chi connectivity index (χ4v) is 3.26. The van der Waals surface area contributed by atoms with Gasteiger partial charge in [0.1, 0.15) is 10.8 Å². The maximum absolute atomic E-state index is 12.2. The van der Waals surface area contributed by atoms with Crippen LogP contribution >= 0.6 is 22.9 Å². The third kappa shape index (κ3) is 4.09. The van der Waals surface area contributed by atoms with Crippen LogP contribution in [0.4, 0.5) is 0 Å². The molecule has 2 aromatic carbocycles. The Morgan fingerprint density at radius 1 is 1.15 bits per heavy atom. The summed E-state index contributed by atoms with van der Waals surface area (Å²) in [6.45, 7) is -0.389. The van der Waals surface area contributed by atoms with Crippen molar-refractivity contribution in [2.75, 3.05) is 13.7 Å². The lowest BCUT2D eigenvalue weighted by molar-refractivity contribution is 0.0470. The molecule has 3 aromatic rings. The molecule has 0 fully saturated rings. The van der Waals surface area contributed by atoms with Crippen LogP contribution in [0.2, 0.25) is 5.02 Å². The predicted molar refractivity (Wildman–Crippen MR) is 100 cm³/mol. The van der Waals surface area contributed by atoms with Crippen molar-refractivity contribution in [2.24, 2.45) is 0 Å². The molecule has 0 unspecified atom stereocenters. The molecule has 0 N–H and O–H groups in total. The number of esters is 1. The smallest absolute Gasteiger partial charge is 0.358 e. The van der Waals surface area contributed by atoms with Crippen LogP contribution in [0, 0.1) is 0 Å². The van der Waals surface area contributed by atoms with Crippen molar-refractivity contribution in [1.82, 2.24) is 4.98 Å². The molecule has 5 nitrogen and oxygen atoms in total. The summed E-state index contributed by atoms with van der Waals surface area (Å²) in [4.78, 5) is 28.5. The van der Waals surface area contributed by atoms with E-state index in [1.807, 2.05) is 30.3 Å². The SMILES string of the molecule is COc1ccc(C(=O)COC(=O)c2csc(-c3ccccc3)n2)cc1Cl. The molecule has 0 aliphatic heterocycles. The first-order valence-corrected chi connectivity index (χ1v) is 8.89. The second-order valence-corrected chi connectivity index (χ2v) is 6.52. The number of ketones is 1. The molecular weight excluding hydrogens is 374 g/mol. The molecule has 26 heavy (non-hydrogen) atoms. The zero-order valence-electron chi connectivity index (χ0n) is 13.8. The summed E-state index contributed by atoms with van der Waals surface area (Å²) in [5, 5.41) is 2.64. The maximum atomic E-state index is 12.2. The van der Waals surface area contributed by atoms with Gasteiger partial charge in [0.15, 0.2) is 18.1 Å². The molecule has 3 rings (SSSR count). The summed E-state index contributed by atoms with van der Waals surface area (Å²) in [5.74, 6) is -0.533. The van der Waals surface area contributed by atoms with Crippen LogP contribution < -0.4 is 4.74 Å². The third-order valence-electron chi connectivity index (χ3n) is 3.54. The van der Waals surface area contributed by atoms with Gasteiger partial charge in [-0.05, 0) is 18.2 Å². The van der Waals surface area contributed by atoms with Crippen LogP contribution in [0.15, 0.2) is 53.9 Å². The zero-order chi connectivity index (χ0) is 18.5. The number of benzene rings is 2. The topological polar surface area (TPSA) is 65.5 Å². The molecule has 0 spiro atoms. The Kier molecular flexibility index (Phi) is 5.65. The van der Waals surface area contributed by atoms with Gasteiger partial charge in [-0.3, -0.25) is 4.79 Å². The molecule has 0 amide bonds. The average molecular weight is 388 g/mol. The van der Waals surface area contributed by atoms with Crippen molar-refractivity contribution in [3.63, 3.8) is 0 Å². The van der Waals surface area contributed by atoms with Crippen molar-refractivity contribution in [2.45, 2.75) is 0 Å². The van der Waals surface area contributed by atoms with Crippen molar-refractivity contribution < 1.29 is 19.1 Å². The Bertz CT molecular complexity index is 940. The van der Waals surface area contributed by atoms with Gasteiger partial charge in [-0.25, -0.2) is 9.78 Å². The first kappa shape index (κ1) is 18.1. The van der Waals surface area contributed by atoms with Gasteiger partial charge in [0.2, 0.25) is 0 Å². The van der Waals surface area contributed by atoms with E-state index < -0.39 is 5.97 Å². The summed E-state index contributed by atoms with van der Waals surface area (Å²) in [5.41, 5.74) is 1.43. The number of carbonyl (C=O) groups excluding carboxylic acids is 2. The Hall–Kier alpha value is -2.70. The van der Waals surface area contributed by atoms with Crippen molar-refractivity contribution in [3.05, 3.63) is 70.2 Å². The van der Waals surface area contributed by atoms with E-state index in [4.69, 9.17) is 21.1 Å². The highest BCUT2D eigenvalue weighted by Gasteiger charge is 2.16. The van der Waals surface area contributed by atoms with Gasteiger partial charge in [-0.1, -0.05) is 41.9 Å². The number of hydrogen-bond acceptors (Lipinski definition) is 6. The first-order valence-electron chi connectivity index (χ1n) is 7.63. The molecule has 132 valence electrons. The van der Waals surface area contributed by atoms with Crippen LogP contribution in [0.25, 0.3) is 10.6 Å². The van der Waals surface area contributed by atoms with Crippen LogP contribution in [0.5, 0.6) is 5.75 Å². The lowest BCUT2D eigenvalue weighted by atomic mass is 10.1. The second-order valence-electron chi connectivity index (χ2n) is 5.25. The normalized spacial score (nSPS) is 10.4. The maximum Gasteiger partial charge on any atom is 0.358 e. The van der Waals surface area contributed by atoms with Gasteiger partial charge in [-0.2, -0.15) is 0 Å². The lowest BCUT2D eigenvalue weighted by Crippen LogP contribution is -2.14. The molecule has 7 heteroatoms. The fraction of sp³-hybridized carbons (Fsp3) is 0.105. The standard InChI is InChI=1S/C19H14ClNO4S/c1-24-17-8-7-13(9-14(17)20)16(22)10-25-19(23)15-11-26-18(21-15)12-5-3-2-4-6-12/h2-9,11H,10H2,1H3. The summed E-state index contributed by atoms with van der Waals surface area (Å²) < 4.78 is 10.1. The summed E-state index contributed by atoms with van der Waals surface area (Å²) in [6, 6.07) is 14.1. The molecule has 0 saturated heterocycles. The zero-order valence-corrected chi connectivity index (χ0v) is 15.3. The highest BCUT2D eigenvalue weighted by molar-refractivity contribution is 7.13. The van der Waals surface area contributed by atoms with E-state index in [2.05, 4.69) is 4.98 Å². The average Bonchev–Trinajstić information content (AvgIpc) is 3.17. The van der Waals surface area contributed by atoms with Gasteiger partial charge in [0.25, 0.3) is 0 Å². The number of hydrogen-bond donors (Lipinski definition) is 0. The molecule has 0 atom stereocenters. The number of rotatable bonds is 6. The Morgan fingerprint density at radius 3 is 2.62 bits per heavy atom. The van der Waals surface area contributed by atoms with E-state index in [0.29, 0.717) is 21.3 Å². The molecule has 0 aliphatic carbocycles. The number of thiazole rings is 1. The summed E-state index contributed by atoms with van der Waals surface area (Å²) in [7, 11) is 1.49. The third-order valence-corrected chi connectivity index (χ3v) is 4.73. The van der Waals surface area contributed by atoms with Crippen molar-refractivity contribution in [1.29, 1.82) is 0 Å². The molecule has 0 aliphatic rings. The van der Waals surface area contributed by atoms with Gasteiger partial charge < -0.3 is 9.47 Å². The molecule has 1 aromatic heterocycles. The van der Waals surface area contributed by atoms with Gasteiger partial charge in [0.05, 0.1) is 12.1 Å². The Morgan fingerprint density at radius 2 is 1.92 bits per heavy atom. The minimum Gasteiger partial charge on any atom is -0.495 e. The van der Waals surface area contributed by atoms with E-state index in [1.165, 1.54) is 24.5 Å². The van der Waals surface area contributed by atoms with Gasteiger partial charge in [0, 0.05) is 16.5 Å². The Balaban J connectivity index is 1.63. The van der Waals surface area contributed by atoms with E-state index >= 15 is 0 Å². The largest absolute Gasteiger partial charge is 0.495 e. The first-order chi connectivity index (χ1) is 12.6. The highest BCUT2D eigenvalue weighted by Crippen LogP contribution is 2.25. The number of halogens is 1. The minimum absolute atomic E-state index is 0.175. The number of carbonyl (C=O) groups is 2. The van der Waals surface area contributed by atoms with E-state index in [1.54, 1.807) is 17.5 Å². The fourth-order valence-electron chi connectivity index (χ4n) is 2.21. The van der Waals surface area contributed by atoms with Crippen LogP contribution in [-0.2, 0) is 4.74 Å². The lowest BCUT2D eigenvalue weighted by Gasteiger charge is -2.06. The summed E-state index contributed by atoms with van der Waals surface area (Å²) in [6.07, 6.45) is 0.